The first kappa shape index (κ1) is 15.2. The van der Waals surface area contributed by atoms with Crippen LogP contribution in [0.3, 0.4) is 0 Å². The van der Waals surface area contributed by atoms with Gasteiger partial charge in [-0.25, -0.2) is 0 Å². The van der Waals surface area contributed by atoms with Crippen LogP contribution >= 0.6 is 0 Å². The predicted molar refractivity (Wildman–Crippen MR) is 83.3 cm³/mol. The second-order valence-electron chi connectivity index (χ2n) is 4.88. The largest absolute Gasteiger partial charge is 0.469 e. The molecule has 2 rings (SSSR count). The standard InChI is InChI=1S/C15H23N5O/c1-16-15(18-9-7-14-6-4-10-21-14)17-8-3-5-13-11-19-20(2)12-13/h4,6,10-12H,3,5,7-9H2,1-2H3,(H2,16,17,18). The topological polar surface area (TPSA) is 67.4 Å². The lowest BCUT2D eigenvalue weighted by Gasteiger charge is -2.10. The highest BCUT2D eigenvalue weighted by Crippen LogP contribution is 2.00. The Balaban J connectivity index is 1.59. The lowest BCUT2D eigenvalue weighted by Crippen LogP contribution is -2.38. The summed E-state index contributed by atoms with van der Waals surface area (Å²) in [5.74, 6) is 1.81. The minimum atomic E-state index is 0.801. The lowest BCUT2D eigenvalue weighted by molar-refractivity contribution is 0.506. The molecule has 2 aromatic rings. The van der Waals surface area contributed by atoms with Gasteiger partial charge in [0.05, 0.1) is 12.5 Å². The number of hydrogen-bond acceptors (Lipinski definition) is 3. The maximum absolute atomic E-state index is 5.29. The molecule has 0 saturated heterocycles. The van der Waals surface area contributed by atoms with Crippen molar-refractivity contribution >= 4 is 5.96 Å². The summed E-state index contributed by atoms with van der Waals surface area (Å²) < 4.78 is 7.12. The molecule has 2 N–H and O–H groups in total. The zero-order valence-corrected chi connectivity index (χ0v) is 12.7. The molecule has 0 aliphatic carbocycles. The fourth-order valence-corrected chi connectivity index (χ4v) is 2.08. The fourth-order valence-electron chi connectivity index (χ4n) is 2.08. The van der Waals surface area contributed by atoms with Crippen LogP contribution in [0.5, 0.6) is 0 Å². The van der Waals surface area contributed by atoms with Gasteiger partial charge >= 0.3 is 0 Å². The van der Waals surface area contributed by atoms with Gasteiger partial charge in [0.1, 0.15) is 5.76 Å². The summed E-state index contributed by atoms with van der Waals surface area (Å²) in [5, 5.41) is 10.7. The molecule has 2 heterocycles. The Morgan fingerprint density at radius 3 is 2.86 bits per heavy atom. The van der Waals surface area contributed by atoms with Crippen LogP contribution in [-0.2, 0) is 19.9 Å². The summed E-state index contributed by atoms with van der Waals surface area (Å²) in [6, 6.07) is 3.88. The summed E-state index contributed by atoms with van der Waals surface area (Å²) in [6.45, 7) is 1.69. The molecule has 0 aliphatic rings. The molecule has 0 aromatic carbocycles. The third-order valence-corrected chi connectivity index (χ3v) is 3.16. The van der Waals surface area contributed by atoms with E-state index in [-0.39, 0.29) is 0 Å². The van der Waals surface area contributed by atoms with E-state index in [1.807, 2.05) is 30.1 Å². The Bertz CT molecular complexity index is 544. The molecule has 0 unspecified atom stereocenters. The zero-order valence-electron chi connectivity index (χ0n) is 12.7. The summed E-state index contributed by atoms with van der Waals surface area (Å²) in [4.78, 5) is 4.20. The highest BCUT2D eigenvalue weighted by atomic mass is 16.3. The van der Waals surface area contributed by atoms with Crippen molar-refractivity contribution in [1.29, 1.82) is 0 Å². The number of guanidine groups is 1. The van der Waals surface area contributed by atoms with Crippen LogP contribution in [0.15, 0.2) is 40.2 Å². The molecule has 0 spiro atoms. The van der Waals surface area contributed by atoms with Crippen LogP contribution < -0.4 is 10.6 Å². The molecule has 6 nitrogen and oxygen atoms in total. The van der Waals surface area contributed by atoms with Crippen LogP contribution in [0.4, 0.5) is 0 Å². The van der Waals surface area contributed by atoms with Crippen molar-refractivity contribution in [3.05, 3.63) is 42.1 Å². The van der Waals surface area contributed by atoms with Crippen molar-refractivity contribution in [2.75, 3.05) is 20.1 Å². The SMILES string of the molecule is CN=C(NCCCc1cnn(C)c1)NCCc1ccco1. The number of nitrogens with one attached hydrogen (secondary N) is 2. The molecule has 6 heteroatoms. The van der Waals surface area contributed by atoms with Crippen LogP contribution in [0.25, 0.3) is 0 Å². The summed E-state index contributed by atoms with van der Waals surface area (Å²) >= 11 is 0. The molecular weight excluding hydrogens is 266 g/mol. The van der Waals surface area contributed by atoms with E-state index < -0.39 is 0 Å². The van der Waals surface area contributed by atoms with E-state index in [1.165, 1.54) is 5.56 Å². The Hall–Kier alpha value is -2.24. The molecular formula is C15H23N5O. The van der Waals surface area contributed by atoms with E-state index in [4.69, 9.17) is 4.42 Å². The fraction of sp³-hybridized carbons (Fsp3) is 0.467. The van der Waals surface area contributed by atoms with E-state index in [9.17, 15) is 0 Å². The Kier molecular flexibility index (Phi) is 5.87. The molecule has 0 fully saturated rings. The number of hydrogen-bond donors (Lipinski definition) is 2. The van der Waals surface area contributed by atoms with E-state index in [0.717, 1.165) is 44.1 Å². The molecule has 0 bridgehead atoms. The minimum absolute atomic E-state index is 0.801. The van der Waals surface area contributed by atoms with E-state index >= 15 is 0 Å². The van der Waals surface area contributed by atoms with Gasteiger partial charge < -0.3 is 15.1 Å². The average Bonchev–Trinajstić information content (AvgIpc) is 3.13. The van der Waals surface area contributed by atoms with Crippen molar-refractivity contribution < 1.29 is 4.42 Å². The zero-order chi connectivity index (χ0) is 14.9. The number of rotatable bonds is 7. The van der Waals surface area contributed by atoms with E-state index in [2.05, 4.69) is 26.9 Å². The van der Waals surface area contributed by atoms with Gasteiger partial charge in [0.15, 0.2) is 5.96 Å². The number of furan rings is 1. The normalized spacial score (nSPS) is 11.6. The Morgan fingerprint density at radius 1 is 1.33 bits per heavy atom. The van der Waals surface area contributed by atoms with Gasteiger partial charge in [0.25, 0.3) is 0 Å². The van der Waals surface area contributed by atoms with Gasteiger partial charge in [-0.15, -0.1) is 0 Å². The summed E-state index contributed by atoms with van der Waals surface area (Å²) in [7, 11) is 3.72. The highest BCUT2D eigenvalue weighted by Gasteiger charge is 2.00. The van der Waals surface area contributed by atoms with Crippen molar-refractivity contribution in [2.45, 2.75) is 19.3 Å². The number of nitrogens with zero attached hydrogens (tertiary/aromatic N) is 3. The second-order valence-corrected chi connectivity index (χ2v) is 4.88. The highest BCUT2D eigenvalue weighted by molar-refractivity contribution is 5.79. The van der Waals surface area contributed by atoms with Gasteiger partial charge in [0.2, 0.25) is 0 Å². The van der Waals surface area contributed by atoms with E-state index in [0.29, 0.717) is 0 Å². The minimum Gasteiger partial charge on any atom is -0.469 e. The molecule has 114 valence electrons. The monoisotopic (exact) mass is 289 g/mol. The third-order valence-electron chi connectivity index (χ3n) is 3.16. The smallest absolute Gasteiger partial charge is 0.190 e. The van der Waals surface area contributed by atoms with Crippen LogP contribution in [0.2, 0.25) is 0 Å². The molecule has 2 aromatic heterocycles. The molecule has 0 amide bonds. The van der Waals surface area contributed by atoms with Crippen molar-refractivity contribution in [3.63, 3.8) is 0 Å². The molecule has 0 aliphatic heterocycles. The van der Waals surface area contributed by atoms with Crippen LogP contribution in [0.1, 0.15) is 17.7 Å². The van der Waals surface area contributed by atoms with Gasteiger partial charge in [-0.2, -0.15) is 5.10 Å². The molecule has 21 heavy (non-hydrogen) atoms. The third kappa shape index (κ3) is 5.33. The lowest BCUT2D eigenvalue weighted by atomic mass is 10.2. The maximum Gasteiger partial charge on any atom is 0.190 e. The van der Waals surface area contributed by atoms with E-state index in [1.54, 1.807) is 13.3 Å². The molecule has 0 saturated carbocycles. The van der Waals surface area contributed by atoms with Gasteiger partial charge in [0, 0.05) is 39.8 Å². The Labute approximate surface area is 125 Å². The van der Waals surface area contributed by atoms with Crippen LogP contribution in [-0.4, -0.2) is 35.9 Å². The van der Waals surface area contributed by atoms with Crippen molar-refractivity contribution in [1.82, 2.24) is 20.4 Å². The molecule has 0 radical (unpaired) electrons. The van der Waals surface area contributed by atoms with Gasteiger partial charge in [-0.05, 0) is 30.5 Å². The maximum atomic E-state index is 5.29. The first-order valence-corrected chi connectivity index (χ1v) is 7.22. The number of aromatic nitrogens is 2. The first-order valence-electron chi connectivity index (χ1n) is 7.22. The molecule has 0 atom stereocenters. The number of aliphatic imine (C=N–C) groups is 1. The predicted octanol–water partition coefficient (Wildman–Crippen LogP) is 1.35. The summed E-state index contributed by atoms with van der Waals surface area (Å²) in [6.07, 6.45) is 8.58. The van der Waals surface area contributed by atoms with Crippen LogP contribution in [0, 0.1) is 0 Å². The van der Waals surface area contributed by atoms with Gasteiger partial charge in [-0.1, -0.05) is 0 Å². The average molecular weight is 289 g/mol. The summed E-state index contributed by atoms with van der Waals surface area (Å²) in [5.41, 5.74) is 1.26. The second kappa shape index (κ2) is 8.14. The van der Waals surface area contributed by atoms with Gasteiger partial charge in [-0.3, -0.25) is 9.67 Å². The van der Waals surface area contributed by atoms with Crippen molar-refractivity contribution in [3.8, 4) is 0 Å². The first-order chi connectivity index (χ1) is 10.3. The quantitative estimate of drug-likeness (QED) is 0.459. The number of aryl methyl sites for hydroxylation is 2. The van der Waals surface area contributed by atoms with Crippen molar-refractivity contribution in [2.24, 2.45) is 12.0 Å². The Morgan fingerprint density at radius 2 is 2.19 bits per heavy atom.